The van der Waals surface area contributed by atoms with E-state index in [1.165, 1.54) is 6.04 Å². The van der Waals surface area contributed by atoms with Gasteiger partial charge in [0.25, 0.3) is 5.82 Å². The molecule has 0 bridgehead atoms. The molecule has 0 saturated carbocycles. The molecule has 0 aromatic carbocycles. The lowest BCUT2D eigenvalue weighted by Crippen LogP contribution is -2.37. The number of rotatable bonds is 8. The minimum atomic E-state index is -1.09. The first kappa shape index (κ1) is 22.8. The van der Waals surface area contributed by atoms with Gasteiger partial charge in [0.05, 0.1) is 24.5 Å². The van der Waals surface area contributed by atoms with Crippen LogP contribution in [0.25, 0.3) is 5.57 Å². The summed E-state index contributed by atoms with van der Waals surface area (Å²) in [6.45, 7) is 10.6. The molecule has 2 aromatic rings. The monoisotopic (exact) mass is 453 g/mol. The molecule has 0 aliphatic carbocycles. The van der Waals surface area contributed by atoms with Crippen LogP contribution < -0.4 is 15.2 Å². The minimum Gasteiger partial charge on any atom is -0.361 e. The molecular weight excluding hydrogens is 416 g/mol. The number of likely N-dealkylation sites (N-methyl/N-ethyl adjacent to an activating group) is 1. The highest BCUT2D eigenvalue weighted by atomic mass is 28.3. The van der Waals surface area contributed by atoms with Crippen molar-refractivity contribution in [1.82, 2.24) is 9.47 Å². The molecule has 1 fully saturated rings. The highest BCUT2D eigenvalue weighted by Crippen LogP contribution is 2.31. The molecule has 4 rings (SSSR count). The summed E-state index contributed by atoms with van der Waals surface area (Å²) in [5, 5.41) is 7.22. The van der Waals surface area contributed by atoms with Crippen LogP contribution in [-0.4, -0.2) is 56.5 Å². The van der Waals surface area contributed by atoms with Gasteiger partial charge in [0.15, 0.2) is 5.82 Å². The molecule has 1 atom stereocenters. The van der Waals surface area contributed by atoms with Gasteiger partial charge in [-0.25, -0.2) is 9.56 Å². The number of likely N-dealkylation sites (tertiary alicyclic amines) is 1. The van der Waals surface area contributed by atoms with Crippen molar-refractivity contribution < 1.29 is 9.30 Å². The number of fused-ring (bicyclic) bond motifs is 1. The van der Waals surface area contributed by atoms with Gasteiger partial charge in [-0.1, -0.05) is 19.6 Å². The summed E-state index contributed by atoms with van der Waals surface area (Å²) in [5.74, 6) is 2.02. The van der Waals surface area contributed by atoms with Crippen LogP contribution in [0.15, 0.2) is 41.8 Å². The Hall–Kier alpha value is -2.42. The molecular formula is C24H37N6OSi+. The summed E-state index contributed by atoms with van der Waals surface area (Å²) in [7, 11) is 3.18. The van der Waals surface area contributed by atoms with Gasteiger partial charge in [-0.2, -0.15) is 0 Å². The molecule has 32 heavy (non-hydrogen) atoms. The van der Waals surface area contributed by atoms with Crippen molar-refractivity contribution in [2.75, 3.05) is 37.4 Å². The number of hydrogen-bond acceptors (Lipinski definition) is 5. The molecule has 0 radical (unpaired) electrons. The van der Waals surface area contributed by atoms with Crippen LogP contribution in [0.4, 0.5) is 17.3 Å². The molecule has 2 N–H and O–H groups in total. The lowest BCUT2D eigenvalue weighted by molar-refractivity contribution is -0.657. The zero-order valence-electron chi connectivity index (χ0n) is 20.1. The molecule has 2 aliphatic rings. The predicted molar refractivity (Wildman–Crippen MR) is 135 cm³/mol. The highest BCUT2D eigenvalue weighted by Gasteiger charge is 2.27. The van der Waals surface area contributed by atoms with Crippen molar-refractivity contribution in [2.24, 2.45) is 12.0 Å². The number of aliphatic imine (C=N–C) groups is 1. The molecule has 4 heterocycles. The van der Waals surface area contributed by atoms with Crippen molar-refractivity contribution in [2.45, 2.75) is 44.9 Å². The number of allylic oxidation sites excluding steroid dienone is 1. The smallest absolute Gasteiger partial charge is 0.282 e. The molecule has 7 nitrogen and oxygen atoms in total. The maximum atomic E-state index is 5.95. The summed E-state index contributed by atoms with van der Waals surface area (Å²) in [6.07, 6.45) is 9.29. The van der Waals surface area contributed by atoms with Crippen molar-refractivity contribution in [3.8, 4) is 0 Å². The van der Waals surface area contributed by atoms with E-state index >= 15 is 0 Å². The Morgan fingerprint density at radius 1 is 1.31 bits per heavy atom. The summed E-state index contributed by atoms with van der Waals surface area (Å²) in [5.41, 5.74) is 3.19. The van der Waals surface area contributed by atoms with Gasteiger partial charge in [0.2, 0.25) is 0 Å². The number of nitrogens with zero attached hydrogens (tertiary/aromatic N) is 4. The largest absolute Gasteiger partial charge is 0.361 e. The maximum Gasteiger partial charge on any atom is 0.282 e. The average Bonchev–Trinajstić information content (AvgIpc) is 3.25. The van der Waals surface area contributed by atoms with Crippen LogP contribution in [0.2, 0.25) is 25.7 Å². The Labute approximate surface area is 192 Å². The fourth-order valence-electron chi connectivity index (χ4n) is 4.11. The molecule has 2 aromatic heterocycles. The number of aromatic nitrogens is 2. The van der Waals surface area contributed by atoms with E-state index in [0.717, 1.165) is 54.6 Å². The topological polar surface area (TPSA) is 57.7 Å². The third-order valence-corrected chi connectivity index (χ3v) is 7.80. The van der Waals surface area contributed by atoms with Gasteiger partial charge in [-0.15, -0.1) is 0 Å². The van der Waals surface area contributed by atoms with Crippen LogP contribution in [-0.2, 0) is 18.5 Å². The molecule has 1 saturated heterocycles. The third kappa shape index (κ3) is 5.49. The van der Waals surface area contributed by atoms with Crippen molar-refractivity contribution in [3.63, 3.8) is 0 Å². The quantitative estimate of drug-likeness (QED) is 0.361. The summed E-state index contributed by atoms with van der Waals surface area (Å²) in [6, 6.07) is 7.93. The van der Waals surface area contributed by atoms with Gasteiger partial charge >= 0.3 is 0 Å². The van der Waals surface area contributed by atoms with Gasteiger partial charge in [-0.3, -0.25) is 5.32 Å². The standard InChI is InChI=1S/C24H36N6OSi/c1-28-11-8-20(17-28)27-23-21(7-6-10-29(23)2)19-15-25-22-9-12-30(24(22)26-16-19)18-31-13-14-32(3,4)5/h6-7,9-10,12,15-16,20H,8,11,13-14,17-18H2,1-5H3,(H,25,26)/p+1. The summed E-state index contributed by atoms with van der Waals surface area (Å²) >= 11 is 0. The zero-order valence-corrected chi connectivity index (χ0v) is 21.1. The van der Waals surface area contributed by atoms with Crippen molar-refractivity contribution >= 4 is 37.2 Å². The number of anilines is 2. The van der Waals surface area contributed by atoms with E-state index in [9.17, 15) is 0 Å². The number of aryl methyl sites for hydroxylation is 1. The predicted octanol–water partition coefficient (Wildman–Crippen LogP) is 3.91. The van der Waals surface area contributed by atoms with E-state index in [2.05, 4.69) is 82.8 Å². The van der Waals surface area contributed by atoms with Crippen molar-refractivity contribution in [3.05, 3.63) is 42.4 Å². The van der Waals surface area contributed by atoms with E-state index in [1.54, 1.807) is 0 Å². The third-order valence-electron chi connectivity index (χ3n) is 6.09. The Bertz CT molecular complexity index is 1010. The highest BCUT2D eigenvalue weighted by molar-refractivity contribution is 6.76. The van der Waals surface area contributed by atoms with Gasteiger partial charge < -0.3 is 19.5 Å². The molecule has 2 aliphatic heterocycles. The fraction of sp³-hybridized carbons (Fsp3) is 0.500. The molecule has 1 unspecified atom stereocenters. The fourth-order valence-corrected chi connectivity index (χ4v) is 4.86. The Morgan fingerprint density at radius 2 is 2.16 bits per heavy atom. The molecule has 0 spiro atoms. The van der Waals surface area contributed by atoms with Crippen LogP contribution in [0, 0.1) is 0 Å². The lowest BCUT2D eigenvalue weighted by atomic mass is 10.1. The first-order chi connectivity index (χ1) is 15.3. The molecule has 172 valence electrons. The SMILES string of the molecule is CN1CCC(Nc2c(C3=CNc4ccn(COCC[Si](C)(C)C)c4N=C3)ccc[n+]2C)C1. The average molecular weight is 454 g/mol. The molecule has 0 amide bonds. The first-order valence-electron chi connectivity index (χ1n) is 11.5. The van der Waals surface area contributed by atoms with Gasteiger partial charge in [0, 0.05) is 58.4 Å². The first-order valence-corrected chi connectivity index (χ1v) is 15.2. The van der Waals surface area contributed by atoms with Crippen LogP contribution >= 0.6 is 0 Å². The molecule has 8 heteroatoms. The summed E-state index contributed by atoms with van der Waals surface area (Å²) in [4.78, 5) is 7.21. The Morgan fingerprint density at radius 3 is 2.91 bits per heavy atom. The van der Waals surface area contributed by atoms with E-state index < -0.39 is 8.07 Å². The van der Waals surface area contributed by atoms with Crippen LogP contribution in [0.5, 0.6) is 0 Å². The van der Waals surface area contributed by atoms with Crippen LogP contribution in [0.1, 0.15) is 12.0 Å². The van der Waals surface area contributed by atoms with Gasteiger partial charge in [-0.05, 0) is 31.3 Å². The maximum absolute atomic E-state index is 5.95. The van der Waals surface area contributed by atoms with Crippen molar-refractivity contribution in [1.29, 1.82) is 0 Å². The second-order valence-electron chi connectivity index (χ2n) is 10.1. The number of ether oxygens (including phenoxy) is 1. The second kappa shape index (κ2) is 9.60. The van der Waals surface area contributed by atoms with Crippen LogP contribution in [0.3, 0.4) is 0 Å². The normalized spacial score (nSPS) is 18.8. The number of hydrogen-bond donors (Lipinski definition) is 2. The van der Waals surface area contributed by atoms with E-state index in [0.29, 0.717) is 12.8 Å². The van der Waals surface area contributed by atoms with E-state index in [1.807, 2.05) is 18.6 Å². The minimum absolute atomic E-state index is 0.457. The van der Waals surface area contributed by atoms with E-state index in [4.69, 9.17) is 9.73 Å². The van der Waals surface area contributed by atoms with Gasteiger partial charge in [0.1, 0.15) is 12.8 Å². The Kier molecular flexibility index (Phi) is 6.83. The number of nitrogens with one attached hydrogen (secondary N) is 2. The second-order valence-corrected chi connectivity index (χ2v) is 15.8. The lowest BCUT2D eigenvalue weighted by Gasteiger charge is -2.16. The zero-order chi connectivity index (χ0) is 22.7. The number of pyridine rings is 1. The Balaban J connectivity index is 1.49. The van der Waals surface area contributed by atoms with E-state index in [-0.39, 0.29) is 0 Å². The summed E-state index contributed by atoms with van der Waals surface area (Å²) < 4.78 is 10.2.